The van der Waals surface area contributed by atoms with Crippen molar-refractivity contribution in [1.29, 1.82) is 0 Å². The molecule has 2 aliphatic rings. The first-order valence-corrected chi connectivity index (χ1v) is 7.10. The van der Waals surface area contributed by atoms with Crippen LogP contribution in [-0.2, 0) is 4.74 Å². The number of hydrogen-bond acceptors (Lipinski definition) is 2. The lowest BCUT2D eigenvalue weighted by Crippen LogP contribution is -2.50. The zero-order valence-corrected chi connectivity index (χ0v) is 10.9. The van der Waals surface area contributed by atoms with Crippen LogP contribution in [0.5, 0.6) is 0 Å². The highest BCUT2D eigenvalue weighted by molar-refractivity contribution is 4.87. The van der Waals surface area contributed by atoms with Crippen molar-refractivity contribution < 1.29 is 4.74 Å². The summed E-state index contributed by atoms with van der Waals surface area (Å²) >= 11 is 0. The molecule has 4 atom stereocenters. The van der Waals surface area contributed by atoms with E-state index in [9.17, 15) is 0 Å². The van der Waals surface area contributed by atoms with Crippen molar-refractivity contribution >= 4 is 0 Å². The van der Waals surface area contributed by atoms with Crippen LogP contribution in [0.25, 0.3) is 0 Å². The topological polar surface area (TPSA) is 21.3 Å². The average molecular weight is 225 g/mol. The maximum Gasteiger partial charge on any atom is 0.0724 e. The van der Waals surface area contributed by atoms with Gasteiger partial charge in [-0.15, -0.1) is 0 Å². The lowest BCUT2D eigenvalue weighted by molar-refractivity contribution is 0.0325. The summed E-state index contributed by atoms with van der Waals surface area (Å²) in [7, 11) is 1.87. The summed E-state index contributed by atoms with van der Waals surface area (Å²) in [6.45, 7) is 2.40. The normalized spacial score (nSPS) is 40.9. The summed E-state index contributed by atoms with van der Waals surface area (Å²) in [6.07, 6.45) is 11.3. The van der Waals surface area contributed by atoms with Crippen molar-refractivity contribution in [2.45, 2.75) is 76.5 Å². The van der Waals surface area contributed by atoms with E-state index >= 15 is 0 Å². The summed E-state index contributed by atoms with van der Waals surface area (Å²) in [5.41, 5.74) is 0. The van der Waals surface area contributed by atoms with Gasteiger partial charge in [0.25, 0.3) is 0 Å². The van der Waals surface area contributed by atoms with Gasteiger partial charge in [0.15, 0.2) is 0 Å². The number of nitrogens with one attached hydrogen (secondary N) is 1. The van der Waals surface area contributed by atoms with Gasteiger partial charge in [-0.25, -0.2) is 0 Å². The number of methoxy groups -OCH3 is 1. The molecule has 94 valence electrons. The van der Waals surface area contributed by atoms with Gasteiger partial charge in [-0.05, 0) is 31.6 Å². The molecule has 1 N–H and O–H groups in total. The second kappa shape index (κ2) is 6.02. The van der Waals surface area contributed by atoms with E-state index in [-0.39, 0.29) is 0 Å². The van der Waals surface area contributed by atoms with Gasteiger partial charge in [0.05, 0.1) is 6.10 Å². The molecule has 0 bridgehead atoms. The van der Waals surface area contributed by atoms with Gasteiger partial charge in [0.1, 0.15) is 0 Å². The first-order valence-electron chi connectivity index (χ1n) is 7.10. The summed E-state index contributed by atoms with van der Waals surface area (Å²) in [4.78, 5) is 0. The highest BCUT2D eigenvalue weighted by Crippen LogP contribution is 2.27. The quantitative estimate of drug-likeness (QED) is 0.797. The fourth-order valence-corrected chi connectivity index (χ4v) is 3.41. The molecular formula is C14H27NO. The third-order valence-corrected chi connectivity index (χ3v) is 4.54. The van der Waals surface area contributed by atoms with Crippen LogP contribution in [0.1, 0.15) is 58.3 Å². The Morgan fingerprint density at radius 2 is 1.50 bits per heavy atom. The van der Waals surface area contributed by atoms with Crippen molar-refractivity contribution in [2.24, 2.45) is 5.92 Å². The van der Waals surface area contributed by atoms with Crippen molar-refractivity contribution in [2.75, 3.05) is 7.11 Å². The first-order chi connectivity index (χ1) is 7.81. The molecule has 2 heteroatoms. The number of rotatable bonds is 3. The van der Waals surface area contributed by atoms with Crippen LogP contribution in [0.15, 0.2) is 0 Å². The fourth-order valence-electron chi connectivity index (χ4n) is 3.41. The molecule has 16 heavy (non-hydrogen) atoms. The van der Waals surface area contributed by atoms with Crippen molar-refractivity contribution in [3.63, 3.8) is 0 Å². The van der Waals surface area contributed by atoms with E-state index < -0.39 is 0 Å². The first kappa shape index (κ1) is 12.4. The summed E-state index contributed by atoms with van der Waals surface area (Å²) < 4.78 is 5.62. The molecule has 0 spiro atoms. The molecule has 2 fully saturated rings. The third kappa shape index (κ3) is 2.98. The maximum atomic E-state index is 5.62. The minimum atomic E-state index is 0.461. The average Bonchev–Trinajstić information content (AvgIpc) is 2.33. The van der Waals surface area contributed by atoms with Crippen LogP contribution in [0.4, 0.5) is 0 Å². The molecule has 2 saturated carbocycles. The zero-order chi connectivity index (χ0) is 11.4. The van der Waals surface area contributed by atoms with E-state index in [1.165, 1.54) is 51.4 Å². The smallest absolute Gasteiger partial charge is 0.0724 e. The Bertz CT molecular complexity index is 207. The van der Waals surface area contributed by atoms with E-state index in [4.69, 9.17) is 4.74 Å². The van der Waals surface area contributed by atoms with Gasteiger partial charge in [0.2, 0.25) is 0 Å². The van der Waals surface area contributed by atoms with Gasteiger partial charge in [0, 0.05) is 19.2 Å². The minimum absolute atomic E-state index is 0.461. The fraction of sp³-hybridized carbons (Fsp3) is 1.00. The van der Waals surface area contributed by atoms with E-state index in [0.29, 0.717) is 12.1 Å². The lowest BCUT2D eigenvalue weighted by Gasteiger charge is -2.38. The molecule has 0 amide bonds. The van der Waals surface area contributed by atoms with Gasteiger partial charge in [-0.3, -0.25) is 0 Å². The Morgan fingerprint density at radius 1 is 0.875 bits per heavy atom. The predicted molar refractivity (Wildman–Crippen MR) is 67.6 cm³/mol. The Morgan fingerprint density at radius 3 is 2.19 bits per heavy atom. The third-order valence-electron chi connectivity index (χ3n) is 4.54. The van der Waals surface area contributed by atoms with Crippen molar-refractivity contribution in [1.82, 2.24) is 5.32 Å². The Balaban J connectivity index is 1.86. The Kier molecular flexibility index (Phi) is 4.66. The molecule has 0 aromatic heterocycles. The predicted octanol–water partition coefficient (Wildman–Crippen LogP) is 3.11. The van der Waals surface area contributed by atoms with Crippen LogP contribution in [-0.4, -0.2) is 25.3 Å². The SMILES string of the molecule is COC1CCCCC1NC1CCCCC1C. The second-order valence-corrected chi connectivity index (χ2v) is 5.70. The molecule has 2 nitrogen and oxygen atoms in total. The van der Waals surface area contributed by atoms with Gasteiger partial charge in [-0.2, -0.15) is 0 Å². The molecule has 2 aliphatic carbocycles. The van der Waals surface area contributed by atoms with Crippen LogP contribution in [0.3, 0.4) is 0 Å². The number of hydrogen-bond donors (Lipinski definition) is 1. The van der Waals surface area contributed by atoms with E-state index in [1.807, 2.05) is 7.11 Å². The molecular weight excluding hydrogens is 198 g/mol. The Hall–Kier alpha value is -0.0800. The lowest BCUT2D eigenvalue weighted by atomic mass is 9.84. The van der Waals surface area contributed by atoms with Crippen LogP contribution >= 0.6 is 0 Å². The maximum absolute atomic E-state index is 5.62. The van der Waals surface area contributed by atoms with E-state index in [0.717, 1.165) is 12.0 Å². The molecule has 2 rings (SSSR count). The van der Waals surface area contributed by atoms with Crippen molar-refractivity contribution in [3.8, 4) is 0 Å². The van der Waals surface area contributed by atoms with Gasteiger partial charge >= 0.3 is 0 Å². The van der Waals surface area contributed by atoms with Crippen LogP contribution in [0, 0.1) is 5.92 Å². The standard InChI is InChI=1S/C14H27NO/c1-11-7-3-4-8-12(11)15-13-9-5-6-10-14(13)16-2/h11-15H,3-10H2,1-2H3. The van der Waals surface area contributed by atoms with Crippen LogP contribution < -0.4 is 5.32 Å². The molecule has 0 aromatic rings. The summed E-state index contributed by atoms with van der Waals surface area (Å²) in [5.74, 6) is 0.855. The highest BCUT2D eigenvalue weighted by Gasteiger charge is 2.29. The molecule has 0 saturated heterocycles. The molecule has 0 aliphatic heterocycles. The van der Waals surface area contributed by atoms with Crippen LogP contribution in [0.2, 0.25) is 0 Å². The Labute approximate surface area is 100 Å². The summed E-state index contributed by atoms with van der Waals surface area (Å²) in [6, 6.07) is 1.36. The molecule has 0 heterocycles. The van der Waals surface area contributed by atoms with Gasteiger partial charge in [-0.1, -0.05) is 32.6 Å². The molecule has 0 radical (unpaired) electrons. The summed E-state index contributed by atoms with van der Waals surface area (Å²) in [5, 5.41) is 3.88. The van der Waals surface area contributed by atoms with Crippen molar-refractivity contribution in [3.05, 3.63) is 0 Å². The minimum Gasteiger partial charge on any atom is -0.380 e. The number of ether oxygens (including phenoxy) is 1. The largest absolute Gasteiger partial charge is 0.380 e. The molecule has 4 unspecified atom stereocenters. The van der Waals surface area contributed by atoms with E-state index in [1.54, 1.807) is 0 Å². The second-order valence-electron chi connectivity index (χ2n) is 5.70. The molecule has 0 aromatic carbocycles. The van der Waals surface area contributed by atoms with E-state index in [2.05, 4.69) is 12.2 Å². The van der Waals surface area contributed by atoms with Gasteiger partial charge < -0.3 is 10.1 Å². The zero-order valence-electron chi connectivity index (χ0n) is 10.9. The highest BCUT2D eigenvalue weighted by atomic mass is 16.5. The monoisotopic (exact) mass is 225 g/mol.